The van der Waals surface area contributed by atoms with E-state index in [4.69, 9.17) is 14.2 Å². The Morgan fingerprint density at radius 2 is 2.00 bits per heavy atom. The van der Waals surface area contributed by atoms with Crippen LogP contribution in [0.5, 0.6) is 11.5 Å². The number of hydrogen-bond donors (Lipinski definition) is 0. The van der Waals surface area contributed by atoms with Crippen molar-refractivity contribution < 1.29 is 23.8 Å². The highest BCUT2D eigenvalue weighted by atomic mass is 79.9. The lowest BCUT2D eigenvalue weighted by molar-refractivity contribution is -0.144. The summed E-state index contributed by atoms with van der Waals surface area (Å²) in [6.07, 6.45) is 0.223. The number of thiophene rings is 1. The van der Waals surface area contributed by atoms with E-state index in [2.05, 4.69) is 15.9 Å². The molecule has 1 aromatic heterocycles. The molecule has 0 unspecified atom stereocenters. The maximum absolute atomic E-state index is 11.8. The third-order valence-electron chi connectivity index (χ3n) is 3.28. The Balaban J connectivity index is 1.50. The zero-order valence-corrected chi connectivity index (χ0v) is 14.4. The Hall–Kier alpha value is -1.86. The Bertz CT molecular complexity index is 726. The normalized spacial score (nSPS) is 12.2. The van der Waals surface area contributed by atoms with E-state index in [0.717, 1.165) is 10.0 Å². The van der Waals surface area contributed by atoms with Gasteiger partial charge in [0.1, 0.15) is 6.61 Å². The second-order valence-corrected chi connectivity index (χ2v) is 6.66. The Morgan fingerprint density at radius 1 is 1.22 bits per heavy atom. The molecule has 0 spiro atoms. The van der Waals surface area contributed by atoms with Gasteiger partial charge in [-0.3, -0.25) is 9.59 Å². The number of rotatable bonds is 6. The zero-order valence-electron chi connectivity index (χ0n) is 12.0. The molecular formula is C16H13BrO5S. The lowest BCUT2D eigenvalue weighted by Gasteiger charge is -2.08. The predicted molar refractivity (Wildman–Crippen MR) is 87.9 cm³/mol. The summed E-state index contributed by atoms with van der Waals surface area (Å²) >= 11 is 4.78. The minimum atomic E-state index is -0.403. The molecule has 2 heterocycles. The molecule has 1 aromatic carbocycles. The predicted octanol–water partition coefficient (Wildman–Crippen LogP) is 3.95. The number of ether oxygens (including phenoxy) is 3. The minimum absolute atomic E-state index is 0.0405. The lowest BCUT2D eigenvalue weighted by Crippen LogP contribution is -2.08. The van der Waals surface area contributed by atoms with Crippen LogP contribution in [-0.2, 0) is 16.1 Å². The van der Waals surface area contributed by atoms with Crippen molar-refractivity contribution in [1.29, 1.82) is 0 Å². The fourth-order valence-electron chi connectivity index (χ4n) is 2.08. The summed E-state index contributed by atoms with van der Waals surface area (Å²) in [7, 11) is 0. The molecule has 2 aromatic rings. The van der Waals surface area contributed by atoms with E-state index < -0.39 is 5.97 Å². The topological polar surface area (TPSA) is 61.8 Å². The van der Waals surface area contributed by atoms with Gasteiger partial charge in [-0.25, -0.2) is 0 Å². The van der Waals surface area contributed by atoms with Gasteiger partial charge >= 0.3 is 5.97 Å². The molecule has 23 heavy (non-hydrogen) atoms. The molecule has 120 valence electrons. The summed E-state index contributed by atoms with van der Waals surface area (Å²) < 4.78 is 16.6. The molecular weight excluding hydrogens is 384 g/mol. The van der Waals surface area contributed by atoms with Crippen LogP contribution in [0.15, 0.2) is 34.1 Å². The van der Waals surface area contributed by atoms with Gasteiger partial charge in [0.25, 0.3) is 0 Å². The van der Waals surface area contributed by atoms with Gasteiger partial charge in [0.2, 0.25) is 6.79 Å². The van der Waals surface area contributed by atoms with E-state index >= 15 is 0 Å². The van der Waals surface area contributed by atoms with Crippen LogP contribution in [0.1, 0.15) is 28.1 Å². The number of benzene rings is 1. The fourth-order valence-corrected chi connectivity index (χ4v) is 3.21. The summed E-state index contributed by atoms with van der Waals surface area (Å²) in [4.78, 5) is 24.3. The van der Waals surface area contributed by atoms with Crippen LogP contribution < -0.4 is 9.47 Å². The van der Waals surface area contributed by atoms with E-state index in [9.17, 15) is 9.59 Å². The summed E-state index contributed by atoms with van der Waals surface area (Å²) in [5.41, 5.74) is 0.784. The van der Waals surface area contributed by atoms with Crippen LogP contribution in [0.3, 0.4) is 0 Å². The monoisotopic (exact) mass is 396 g/mol. The lowest BCUT2D eigenvalue weighted by atomic mass is 10.2. The van der Waals surface area contributed by atoms with Crippen LogP contribution in [0, 0.1) is 0 Å². The van der Waals surface area contributed by atoms with Crippen LogP contribution in [0.2, 0.25) is 0 Å². The maximum Gasteiger partial charge on any atom is 0.306 e. The van der Waals surface area contributed by atoms with Gasteiger partial charge < -0.3 is 14.2 Å². The molecule has 0 aliphatic carbocycles. The van der Waals surface area contributed by atoms with Gasteiger partial charge in [0, 0.05) is 16.5 Å². The van der Waals surface area contributed by atoms with Crippen molar-refractivity contribution in [2.45, 2.75) is 19.4 Å². The highest BCUT2D eigenvalue weighted by Gasteiger charge is 2.17. The standard InChI is InChI=1S/C16H13BrO5S/c17-11-7-14-13(21-9-22-14)6-10(11)8-20-16(19)4-3-12(18)15-2-1-5-23-15/h1-2,5-7H,3-4,8-9H2. The van der Waals surface area contributed by atoms with Crippen molar-refractivity contribution in [2.75, 3.05) is 6.79 Å². The first-order chi connectivity index (χ1) is 11.1. The van der Waals surface area contributed by atoms with Crippen LogP contribution >= 0.6 is 27.3 Å². The van der Waals surface area contributed by atoms with Gasteiger partial charge in [-0.2, -0.15) is 0 Å². The highest BCUT2D eigenvalue weighted by Crippen LogP contribution is 2.37. The first-order valence-electron chi connectivity index (χ1n) is 6.94. The average molecular weight is 397 g/mol. The Morgan fingerprint density at radius 3 is 2.74 bits per heavy atom. The molecule has 0 N–H and O–H groups in total. The number of ketones is 1. The molecule has 1 aliphatic heterocycles. The molecule has 0 amide bonds. The number of esters is 1. The van der Waals surface area contributed by atoms with Crippen molar-refractivity contribution in [3.8, 4) is 11.5 Å². The van der Waals surface area contributed by atoms with Crippen molar-refractivity contribution in [2.24, 2.45) is 0 Å². The van der Waals surface area contributed by atoms with E-state index in [-0.39, 0.29) is 32.0 Å². The summed E-state index contributed by atoms with van der Waals surface area (Å²) in [5, 5.41) is 1.84. The van der Waals surface area contributed by atoms with Gasteiger partial charge in [0.15, 0.2) is 17.3 Å². The third kappa shape index (κ3) is 3.92. The first-order valence-corrected chi connectivity index (χ1v) is 8.61. The molecule has 3 rings (SSSR count). The quantitative estimate of drug-likeness (QED) is 0.546. The molecule has 0 saturated carbocycles. The van der Waals surface area contributed by atoms with Crippen LogP contribution in [0.25, 0.3) is 0 Å². The van der Waals surface area contributed by atoms with Crippen LogP contribution in [0.4, 0.5) is 0 Å². The molecule has 1 aliphatic rings. The molecule has 0 fully saturated rings. The highest BCUT2D eigenvalue weighted by molar-refractivity contribution is 9.10. The fraction of sp³-hybridized carbons (Fsp3) is 0.250. The summed E-state index contributed by atoms with van der Waals surface area (Å²) in [6, 6.07) is 7.12. The van der Waals surface area contributed by atoms with Crippen molar-refractivity contribution in [1.82, 2.24) is 0 Å². The van der Waals surface area contributed by atoms with Gasteiger partial charge in [-0.05, 0) is 23.6 Å². The number of fused-ring (bicyclic) bond motifs is 1. The molecule has 0 bridgehead atoms. The number of carbonyl (C=O) groups is 2. The van der Waals surface area contributed by atoms with Gasteiger partial charge in [-0.1, -0.05) is 22.0 Å². The summed E-state index contributed by atoms with van der Waals surface area (Å²) in [6.45, 7) is 0.305. The smallest absolute Gasteiger partial charge is 0.306 e. The van der Waals surface area contributed by atoms with Gasteiger partial charge in [0.05, 0.1) is 11.3 Å². The van der Waals surface area contributed by atoms with Crippen molar-refractivity contribution in [3.05, 3.63) is 44.6 Å². The Labute approximate surface area is 145 Å². The SMILES string of the molecule is O=C(CCC(=O)c1cccs1)OCc1cc2c(cc1Br)OCO2. The largest absolute Gasteiger partial charge is 0.461 e. The van der Waals surface area contributed by atoms with Crippen LogP contribution in [-0.4, -0.2) is 18.5 Å². The zero-order chi connectivity index (χ0) is 16.2. The Kier molecular flexibility index (Phi) is 4.97. The average Bonchev–Trinajstić information content (AvgIpc) is 3.21. The van der Waals surface area contributed by atoms with Crippen molar-refractivity contribution in [3.63, 3.8) is 0 Å². The molecule has 5 nitrogen and oxygen atoms in total. The number of carbonyl (C=O) groups excluding carboxylic acids is 2. The van der Waals surface area contributed by atoms with E-state index in [1.165, 1.54) is 11.3 Å². The molecule has 0 atom stereocenters. The molecule has 0 radical (unpaired) electrons. The molecule has 7 heteroatoms. The van der Waals surface area contributed by atoms with Gasteiger partial charge in [-0.15, -0.1) is 11.3 Å². The number of halogens is 1. The minimum Gasteiger partial charge on any atom is -0.461 e. The van der Waals surface area contributed by atoms with Crippen molar-refractivity contribution >= 4 is 39.0 Å². The maximum atomic E-state index is 11.8. The molecule has 0 saturated heterocycles. The van der Waals surface area contributed by atoms with E-state index in [1.807, 2.05) is 11.4 Å². The summed E-state index contributed by atoms with van der Waals surface area (Å²) in [5.74, 6) is 0.848. The van der Waals surface area contributed by atoms with E-state index in [0.29, 0.717) is 16.4 Å². The third-order valence-corrected chi connectivity index (χ3v) is 4.93. The second kappa shape index (κ2) is 7.14. The number of hydrogen-bond acceptors (Lipinski definition) is 6. The van der Waals surface area contributed by atoms with E-state index in [1.54, 1.807) is 18.2 Å². The second-order valence-electron chi connectivity index (χ2n) is 4.86. The first kappa shape index (κ1) is 16.0. The number of Topliss-reactive ketones (excluding diaryl/α,β-unsaturated/α-hetero) is 1.